The molecule has 7 heteroatoms. The standard InChI is InChI=1S/C21H14N4OS2/c26-20-16-10-4-5-11-17(16)22-21(25(20)15-8-2-1-3-9-15)27-13-14-7-6-12-18-19(14)24-28-23-18/h1-12H,13H2. The van der Waals surface area contributed by atoms with Crippen molar-refractivity contribution in [3.05, 3.63) is 88.7 Å². The molecule has 5 aromatic rings. The largest absolute Gasteiger partial charge is 0.268 e. The summed E-state index contributed by atoms with van der Waals surface area (Å²) in [6.07, 6.45) is 0. The van der Waals surface area contributed by atoms with Gasteiger partial charge >= 0.3 is 0 Å². The molecule has 0 amide bonds. The van der Waals surface area contributed by atoms with Gasteiger partial charge in [0.1, 0.15) is 11.0 Å². The minimum Gasteiger partial charge on any atom is -0.268 e. The van der Waals surface area contributed by atoms with E-state index in [9.17, 15) is 4.79 Å². The number of aromatic nitrogens is 4. The molecule has 28 heavy (non-hydrogen) atoms. The lowest BCUT2D eigenvalue weighted by Crippen LogP contribution is -2.21. The van der Waals surface area contributed by atoms with Crippen LogP contribution in [0.2, 0.25) is 0 Å². The Bertz CT molecular complexity index is 1350. The molecule has 0 unspecified atom stereocenters. The SMILES string of the molecule is O=c1c2ccccc2nc(SCc2cccc3nsnc23)n1-c1ccccc1. The van der Waals surface area contributed by atoms with Crippen molar-refractivity contribution >= 4 is 45.4 Å². The van der Waals surface area contributed by atoms with Crippen LogP contribution in [-0.2, 0) is 5.75 Å². The van der Waals surface area contributed by atoms with E-state index in [0.29, 0.717) is 21.8 Å². The van der Waals surface area contributed by atoms with Crippen LogP contribution in [0, 0.1) is 0 Å². The zero-order valence-corrected chi connectivity index (χ0v) is 16.3. The molecule has 3 aromatic carbocycles. The molecule has 0 N–H and O–H groups in total. The van der Waals surface area contributed by atoms with Crippen LogP contribution < -0.4 is 5.56 Å². The van der Waals surface area contributed by atoms with Gasteiger partial charge in [-0.25, -0.2) is 4.98 Å². The van der Waals surface area contributed by atoms with Gasteiger partial charge in [0.2, 0.25) is 0 Å². The monoisotopic (exact) mass is 402 g/mol. The van der Waals surface area contributed by atoms with Gasteiger partial charge in [0.05, 0.1) is 28.3 Å². The smallest absolute Gasteiger partial charge is 0.266 e. The van der Waals surface area contributed by atoms with E-state index in [4.69, 9.17) is 4.98 Å². The first-order valence-corrected chi connectivity index (χ1v) is 10.4. The van der Waals surface area contributed by atoms with Crippen LogP contribution in [0.5, 0.6) is 0 Å². The second kappa shape index (κ2) is 7.18. The van der Waals surface area contributed by atoms with Gasteiger partial charge < -0.3 is 0 Å². The Labute approximate surface area is 169 Å². The van der Waals surface area contributed by atoms with Crippen LogP contribution in [-0.4, -0.2) is 18.3 Å². The average molecular weight is 403 g/mol. The van der Waals surface area contributed by atoms with Gasteiger partial charge in [-0.3, -0.25) is 9.36 Å². The van der Waals surface area contributed by atoms with Gasteiger partial charge in [0.15, 0.2) is 5.16 Å². The van der Waals surface area contributed by atoms with Gasteiger partial charge in [-0.15, -0.1) is 0 Å². The van der Waals surface area contributed by atoms with E-state index in [0.717, 1.165) is 22.3 Å². The van der Waals surface area contributed by atoms with Crippen molar-refractivity contribution in [2.24, 2.45) is 0 Å². The predicted molar refractivity (Wildman–Crippen MR) is 114 cm³/mol. The minimum atomic E-state index is -0.0622. The van der Waals surface area contributed by atoms with Crippen molar-refractivity contribution < 1.29 is 0 Å². The Hall–Kier alpha value is -3.03. The lowest BCUT2D eigenvalue weighted by molar-refractivity contribution is 0.820. The first-order valence-electron chi connectivity index (χ1n) is 8.71. The second-order valence-electron chi connectivity index (χ2n) is 6.23. The summed E-state index contributed by atoms with van der Waals surface area (Å²) >= 11 is 2.74. The van der Waals surface area contributed by atoms with Crippen molar-refractivity contribution in [2.45, 2.75) is 10.9 Å². The molecule has 0 aliphatic rings. The molecule has 0 aliphatic heterocycles. The third kappa shape index (κ3) is 2.98. The van der Waals surface area contributed by atoms with Crippen molar-refractivity contribution in [3.8, 4) is 5.69 Å². The fourth-order valence-corrected chi connectivity index (χ4v) is 4.70. The van der Waals surface area contributed by atoms with Crippen molar-refractivity contribution in [1.29, 1.82) is 0 Å². The molecule has 0 fully saturated rings. The van der Waals surface area contributed by atoms with Gasteiger partial charge in [-0.05, 0) is 35.9 Å². The molecule has 2 aromatic heterocycles. The Morgan fingerprint density at radius 3 is 2.54 bits per heavy atom. The van der Waals surface area contributed by atoms with Gasteiger partial charge in [-0.1, -0.05) is 54.2 Å². The lowest BCUT2D eigenvalue weighted by Gasteiger charge is -2.13. The highest BCUT2D eigenvalue weighted by Gasteiger charge is 2.14. The van der Waals surface area contributed by atoms with Crippen molar-refractivity contribution in [3.63, 3.8) is 0 Å². The predicted octanol–water partition coefficient (Wildman–Crippen LogP) is 4.68. The maximum Gasteiger partial charge on any atom is 0.266 e. The molecular weight excluding hydrogens is 388 g/mol. The highest BCUT2D eigenvalue weighted by Crippen LogP contribution is 2.27. The number of para-hydroxylation sites is 2. The molecule has 0 atom stereocenters. The maximum absolute atomic E-state index is 13.2. The highest BCUT2D eigenvalue weighted by molar-refractivity contribution is 7.98. The first kappa shape index (κ1) is 17.1. The van der Waals surface area contributed by atoms with Crippen LogP contribution >= 0.6 is 23.5 Å². The van der Waals surface area contributed by atoms with E-state index >= 15 is 0 Å². The summed E-state index contributed by atoms with van der Waals surface area (Å²) in [5.74, 6) is 0.653. The Balaban J connectivity index is 1.64. The second-order valence-corrected chi connectivity index (χ2v) is 7.70. The van der Waals surface area contributed by atoms with E-state index in [-0.39, 0.29) is 5.56 Å². The number of thioether (sulfide) groups is 1. The van der Waals surface area contributed by atoms with Crippen LogP contribution in [0.1, 0.15) is 5.56 Å². The summed E-state index contributed by atoms with van der Waals surface area (Å²) in [6, 6.07) is 23.1. The number of nitrogens with zero attached hydrogens (tertiary/aromatic N) is 4. The molecule has 0 saturated carbocycles. The Morgan fingerprint density at radius 2 is 1.64 bits per heavy atom. The van der Waals surface area contributed by atoms with Crippen LogP contribution in [0.4, 0.5) is 0 Å². The minimum absolute atomic E-state index is 0.0622. The summed E-state index contributed by atoms with van der Waals surface area (Å²) in [5.41, 5.74) is 4.34. The third-order valence-electron chi connectivity index (χ3n) is 4.49. The zero-order chi connectivity index (χ0) is 18.9. The molecular formula is C21H14N4OS2. The number of hydrogen-bond acceptors (Lipinski definition) is 6. The summed E-state index contributed by atoms with van der Waals surface area (Å²) in [7, 11) is 0. The number of hydrogen-bond donors (Lipinski definition) is 0. The fourth-order valence-electron chi connectivity index (χ4n) is 3.13. The van der Waals surface area contributed by atoms with E-state index in [1.165, 1.54) is 23.5 Å². The molecule has 2 heterocycles. The molecule has 0 spiro atoms. The van der Waals surface area contributed by atoms with Crippen molar-refractivity contribution in [1.82, 2.24) is 18.3 Å². The molecule has 136 valence electrons. The lowest BCUT2D eigenvalue weighted by atomic mass is 10.2. The number of fused-ring (bicyclic) bond motifs is 2. The third-order valence-corrected chi connectivity index (χ3v) is 6.02. The van der Waals surface area contributed by atoms with Crippen LogP contribution in [0.25, 0.3) is 27.6 Å². The topological polar surface area (TPSA) is 60.7 Å². The molecule has 0 saturated heterocycles. The van der Waals surface area contributed by atoms with Crippen LogP contribution in [0.15, 0.2) is 82.7 Å². The summed E-state index contributed by atoms with van der Waals surface area (Å²) < 4.78 is 10.4. The highest BCUT2D eigenvalue weighted by atomic mass is 32.2. The van der Waals surface area contributed by atoms with Gasteiger partial charge in [0.25, 0.3) is 5.56 Å². The quantitative estimate of drug-likeness (QED) is 0.323. The molecule has 0 bridgehead atoms. The average Bonchev–Trinajstić information content (AvgIpc) is 3.22. The number of benzene rings is 3. The van der Waals surface area contributed by atoms with E-state index in [1.807, 2.05) is 72.8 Å². The summed E-state index contributed by atoms with van der Waals surface area (Å²) in [4.78, 5) is 18.0. The number of rotatable bonds is 4. The normalized spacial score (nSPS) is 11.3. The summed E-state index contributed by atoms with van der Waals surface area (Å²) in [6.45, 7) is 0. The van der Waals surface area contributed by atoms with E-state index in [1.54, 1.807) is 4.57 Å². The molecule has 5 nitrogen and oxygen atoms in total. The first-order chi connectivity index (χ1) is 13.8. The summed E-state index contributed by atoms with van der Waals surface area (Å²) in [5, 5.41) is 1.27. The Morgan fingerprint density at radius 1 is 0.857 bits per heavy atom. The molecule has 0 aliphatic carbocycles. The Kier molecular flexibility index (Phi) is 4.38. The molecule has 0 radical (unpaired) electrons. The molecule has 5 rings (SSSR count). The van der Waals surface area contributed by atoms with E-state index in [2.05, 4.69) is 8.75 Å². The maximum atomic E-state index is 13.2. The van der Waals surface area contributed by atoms with E-state index < -0.39 is 0 Å². The van der Waals surface area contributed by atoms with Crippen LogP contribution in [0.3, 0.4) is 0 Å². The zero-order valence-electron chi connectivity index (χ0n) is 14.6. The fraction of sp³-hybridized carbons (Fsp3) is 0.0476. The van der Waals surface area contributed by atoms with Gasteiger partial charge in [-0.2, -0.15) is 8.75 Å². The van der Waals surface area contributed by atoms with Gasteiger partial charge in [0, 0.05) is 5.75 Å². The van der Waals surface area contributed by atoms with Crippen molar-refractivity contribution in [2.75, 3.05) is 0 Å².